The average Bonchev–Trinajstić information content (AvgIpc) is 2.65. The molecular weight excluding hydrogens is 250 g/mol. The standard InChI is InChI=1S/C17H15NO2/c19-17-15-9-5-4-8-14(15)13(10-11-16(17)18-20)12-6-2-1-3-7-12/h1-9,13,20H,10-11H2/b18-16-/t13-/m1/s1. The Morgan fingerprint density at radius 2 is 1.70 bits per heavy atom. The van der Waals surface area contributed by atoms with Gasteiger partial charge in [0.1, 0.15) is 5.71 Å². The molecule has 0 spiro atoms. The lowest BCUT2D eigenvalue weighted by atomic mass is 9.86. The van der Waals surface area contributed by atoms with Gasteiger partial charge in [0.25, 0.3) is 0 Å². The fourth-order valence-corrected chi connectivity index (χ4v) is 2.84. The summed E-state index contributed by atoms with van der Waals surface area (Å²) in [5.74, 6) is -0.00266. The second-order valence-corrected chi connectivity index (χ2v) is 4.97. The van der Waals surface area contributed by atoms with E-state index in [2.05, 4.69) is 17.3 Å². The molecule has 3 rings (SSSR count). The Balaban J connectivity index is 2.15. The van der Waals surface area contributed by atoms with E-state index in [1.165, 1.54) is 5.56 Å². The summed E-state index contributed by atoms with van der Waals surface area (Å²) in [6.07, 6.45) is 1.26. The van der Waals surface area contributed by atoms with Gasteiger partial charge in [-0.15, -0.1) is 0 Å². The Labute approximate surface area is 117 Å². The van der Waals surface area contributed by atoms with Crippen LogP contribution in [0, 0.1) is 0 Å². The van der Waals surface area contributed by atoms with E-state index in [9.17, 15) is 4.79 Å². The Morgan fingerprint density at radius 3 is 2.45 bits per heavy atom. The van der Waals surface area contributed by atoms with Crippen LogP contribution in [0.5, 0.6) is 0 Å². The minimum atomic E-state index is -0.165. The van der Waals surface area contributed by atoms with Crippen molar-refractivity contribution in [2.24, 2.45) is 5.16 Å². The zero-order valence-corrected chi connectivity index (χ0v) is 11.0. The van der Waals surface area contributed by atoms with Crippen LogP contribution >= 0.6 is 0 Å². The van der Waals surface area contributed by atoms with Gasteiger partial charge in [0.05, 0.1) is 0 Å². The number of ketones is 1. The molecule has 3 nitrogen and oxygen atoms in total. The highest BCUT2D eigenvalue weighted by Gasteiger charge is 2.28. The maximum atomic E-state index is 12.4. The zero-order chi connectivity index (χ0) is 13.9. The minimum absolute atomic E-state index is 0.163. The molecule has 1 aliphatic rings. The molecule has 0 aliphatic heterocycles. The zero-order valence-electron chi connectivity index (χ0n) is 11.0. The van der Waals surface area contributed by atoms with Crippen LogP contribution in [0.1, 0.15) is 40.2 Å². The lowest BCUT2D eigenvalue weighted by Crippen LogP contribution is -2.13. The molecule has 0 saturated carbocycles. The Hall–Kier alpha value is -2.42. The highest BCUT2D eigenvalue weighted by atomic mass is 16.4. The third-order valence-electron chi connectivity index (χ3n) is 3.84. The molecule has 0 radical (unpaired) electrons. The number of nitrogens with zero attached hydrogens (tertiary/aromatic N) is 1. The van der Waals surface area contributed by atoms with Crippen molar-refractivity contribution in [1.29, 1.82) is 0 Å². The van der Waals surface area contributed by atoms with Gasteiger partial charge in [-0.3, -0.25) is 4.79 Å². The van der Waals surface area contributed by atoms with E-state index in [1.807, 2.05) is 42.5 Å². The largest absolute Gasteiger partial charge is 0.411 e. The number of Topliss-reactive ketones (excluding diaryl/α,β-unsaturated/α-hetero) is 1. The number of carbonyl (C=O) groups excluding carboxylic acids is 1. The summed E-state index contributed by atoms with van der Waals surface area (Å²) >= 11 is 0. The summed E-state index contributed by atoms with van der Waals surface area (Å²) < 4.78 is 0. The molecule has 0 saturated heterocycles. The molecule has 2 aromatic rings. The Morgan fingerprint density at radius 1 is 1.00 bits per heavy atom. The summed E-state index contributed by atoms with van der Waals surface area (Å²) in [4.78, 5) is 12.4. The number of rotatable bonds is 1. The summed E-state index contributed by atoms with van der Waals surface area (Å²) in [5.41, 5.74) is 3.09. The first kappa shape index (κ1) is 12.6. The van der Waals surface area contributed by atoms with Crippen LogP contribution in [0.25, 0.3) is 0 Å². The van der Waals surface area contributed by atoms with E-state index in [0.29, 0.717) is 12.0 Å². The van der Waals surface area contributed by atoms with Crippen molar-refractivity contribution in [1.82, 2.24) is 0 Å². The quantitative estimate of drug-likeness (QED) is 0.486. The van der Waals surface area contributed by atoms with E-state index >= 15 is 0 Å². The fourth-order valence-electron chi connectivity index (χ4n) is 2.84. The molecule has 0 fully saturated rings. The Kier molecular flexibility index (Phi) is 3.33. The van der Waals surface area contributed by atoms with Crippen molar-refractivity contribution < 1.29 is 10.0 Å². The number of hydrogen-bond acceptors (Lipinski definition) is 3. The molecule has 0 aromatic heterocycles. The molecule has 0 amide bonds. The van der Waals surface area contributed by atoms with Crippen LogP contribution in [0.3, 0.4) is 0 Å². The smallest absolute Gasteiger partial charge is 0.210 e. The fraction of sp³-hybridized carbons (Fsp3) is 0.176. The molecule has 1 N–H and O–H groups in total. The average molecular weight is 265 g/mol. The van der Waals surface area contributed by atoms with Crippen molar-refractivity contribution in [2.45, 2.75) is 18.8 Å². The summed E-state index contributed by atoms with van der Waals surface area (Å²) in [6.45, 7) is 0. The SMILES string of the molecule is O=C1/C(=N\O)CC[C@H](c2ccccc2)c2ccccc21. The summed E-state index contributed by atoms with van der Waals surface area (Å²) in [7, 11) is 0. The van der Waals surface area contributed by atoms with Crippen molar-refractivity contribution in [2.75, 3.05) is 0 Å². The molecule has 0 unspecified atom stereocenters. The summed E-state index contributed by atoms with van der Waals surface area (Å²) in [5, 5.41) is 12.2. The summed E-state index contributed by atoms with van der Waals surface area (Å²) in [6, 6.07) is 17.7. The molecule has 20 heavy (non-hydrogen) atoms. The van der Waals surface area contributed by atoms with Crippen LogP contribution in [0.4, 0.5) is 0 Å². The van der Waals surface area contributed by atoms with Crippen LogP contribution in [0.2, 0.25) is 0 Å². The van der Waals surface area contributed by atoms with E-state index in [1.54, 1.807) is 0 Å². The minimum Gasteiger partial charge on any atom is -0.411 e. The molecule has 0 bridgehead atoms. The normalized spacial score (nSPS) is 20.5. The van der Waals surface area contributed by atoms with E-state index < -0.39 is 0 Å². The van der Waals surface area contributed by atoms with E-state index in [4.69, 9.17) is 5.21 Å². The highest BCUT2D eigenvalue weighted by Crippen LogP contribution is 2.34. The van der Waals surface area contributed by atoms with Gasteiger partial charge in [0.2, 0.25) is 5.78 Å². The van der Waals surface area contributed by atoms with Crippen LogP contribution in [-0.4, -0.2) is 16.7 Å². The second-order valence-electron chi connectivity index (χ2n) is 4.97. The molecule has 100 valence electrons. The van der Waals surface area contributed by atoms with Gasteiger partial charge in [-0.1, -0.05) is 59.8 Å². The van der Waals surface area contributed by atoms with Crippen molar-refractivity contribution in [3.63, 3.8) is 0 Å². The highest BCUT2D eigenvalue weighted by molar-refractivity contribution is 6.46. The maximum Gasteiger partial charge on any atom is 0.210 e. The molecule has 1 aliphatic carbocycles. The lowest BCUT2D eigenvalue weighted by Gasteiger charge is -2.17. The van der Waals surface area contributed by atoms with Crippen LogP contribution in [-0.2, 0) is 0 Å². The second kappa shape index (κ2) is 5.29. The van der Waals surface area contributed by atoms with Crippen molar-refractivity contribution >= 4 is 11.5 Å². The predicted octanol–water partition coefficient (Wildman–Crippen LogP) is 3.63. The molecule has 0 heterocycles. The number of oxime groups is 1. The third kappa shape index (κ3) is 2.11. The monoisotopic (exact) mass is 265 g/mol. The first-order valence-electron chi connectivity index (χ1n) is 6.70. The molecule has 3 heteroatoms. The van der Waals surface area contributed by atoms with Gasteiger partial charge < -0.3 is 5.21 Å². The number of hydrogen-bond donors (Lipinski definition) is 1. The lowest BCUT2D eigenvalue weighted by molar-refractivity contribution is 0.106. The molecular formula is C17H15NO2. The maximum absolute atomic E-state index is 12.4. The number of fused-ring (bicyclic) bond motifs is 1. The van der Waals surface area contributed by atoms with Crippen LogP contribution < -0.4 is 0 Å². The van der Waals surface area contributed by atoms with Gasteiger partial charge in [0, 0.05) is 11.5 Å². The van der Waals surface area contributed by atoms with Crippen LogP contribution in [0.15, 0.2) is 59.8 Å². The molecule has 2 aromatic carbocycles. The van der Waals surface area contributed by atoms with Gasteiger partial charge in [0.15, 0.2) is 0 Å². The molecule has 1 atom stereocenters. The van der Waals surface area contributed by atoms with E-state index in [0.717, 1.165) is 12.0 Å². The van der Waals surface area contributed by atoms with Gasteiger partial charge >= 0.3 is 0 Å². The van der Waals surface area contributed by atoms with Gasteiger partial charge in [-0.25, -0.2) is 0 Å². The van der Waals surface area contributed by atoms with Crippen molar-refractivity contribution in [3.05, 3.63) is 71.3 Å². The van der Waals surface area contributed by atoms with Gasteiger partial charge in [-0.2, -0.15) is 0 Å². The topological polar surface area (TPSA) is 49.7 Å². The Bertz CT molecular complexity index is 662. The number of carbonyl (C=O) groups is 1. The first-order chi connectivity index (χ1) is 9.81. The van der Waals surface area contributed by atoms with Gasteiger partial charge in [-0.05, 0) is 24.0 Å². The van der Waals surface area contributed by atoms with Crippen molar-refractivity contribution in [3.8, 4) is 0 Å². The van der Waals surface area contributed by atoms with E-state index in [-0.39, 0.29) is 17.4 Å². The number of benzene rings is 2. The third-order valence-corrected chi connectivity index (χ3v) is 3.84. The first-order valence-corrected chi connectivity index (χ1v) is 6.70. The predicted molar refractivity (Wildman–Crippen MR) is 77.5 cm³/mol.